The molecule has 0 N–H and O–H groups in total. The zero-order valence-electron chi connectivity index (χ0n) is 24.4. The molecule has 0 aliphatic rings. The lowest BCUT2D eigenvalue weighted by molar-refractivity contribution is 0.670. The van der Waals surface area contributed by atoms with Crippen LogP contribution < -0.4 is 0 Å². The predicted molar refractivity (Wildman–Crippen MR) is 188 cm³/mol. The molecule has 9 rings (SSSR count). The Morgan fingerprint density at radius 2 is 1.00 bits per heavy atom. The molecule has 0 aliphatic heterocycles. The molecule has 210 valence electrons. The topological polar surface area (TPSA) is 26.0 Å². The van der Waals surface area contributed by atoms with Crippen LogP contribution in [0.3, 0.4) is 0 Å². The second kappa shape index (κ2) is 10.3. The van der Waals surface area contributed by atoms with Crippen LogP contribution in [0.25, 0.3) is 88.3 Å². The van der Waals surface area contributed by atoms with E-state index in [4.69, 9.17) is 9.40 Å². The van der Waals surface area contributed by atoms with Gasteiger partial charge in [-0.2, -0.15) is 0 Å². The summed E-state index contributed by atoms with van der Waals surface area (Å²) in [6.45, 7) is 0. The van der Waals surface area contributed by atoms with Crippen molar-refractivity contribution in [1.29, 1.82) is 0 Å². The summed E-state index contributed by atoms with van der Waals surface area (Å²) in [6, 6.07) is 57.7. The predicted octanol–water partition coefficient (Wildman–Crippen LogP) is 12.0. The first-order chi connectivity index (χ1) is 22.3. The Morgan fingerprint density at radius 3 is 1.84 bits per heavy atom. The molecule has 0 saturated carbocycles. The Labute approximate surface area is 260 Å². The molecule has 0 aliphatic carbocycles. The van der Waals surface area contributed by atoms with Gasteiger partial charge in [0.1, 0.15) is 11.2 Å². The van der Waals surface area contributed by atoms with Crippen molar-refractivity contribution in [3.63, 3.8) is 0 Å². The van der Waals surface area contributed by atoms with Crippen LogP contribution >= 0.6 is 0 Å². The van der Waals surface area contributed by atoms with E-state index in [9.17, 15) is 0 Å². The quantitative estimate of drug-likeness (QED) is 0.196. The van der Waals surface area contributed by atoms with Crippen molar-refractivity contribution in [2.75, 3.05) is 0 Å². The molecule has 7 aromatic carbocycles. The van der Waals surface area contributed by atoms with E-state index < -0.39 is 0 Å². The molecule has 0 unspecified atom stereocenters. The van der Waals surface area contributed by atoms with Gasteiger partial charge < -0.3 is 4.42 Å². The Balaban J connectivity index is 1.24. The Morgan fingerprint density at radius 1 is 0.378 bits per heavy atom. The van der Waals surface area contributed by atoms with Crippen molar-refractivity contribution in [3.05, 3.63) is 164 Å². The molecule has 0 spiro atoms. The van der Waals surface area contributed by atoms with Crippen LogP contribution in [0.5, 0.6) is 0 Å². The maximum atomic E-state index is 6.68. The monoisotopic (exact) mass is 573 g/mol. The molecule has 0 atom stereocenters. The molecule has 0 fully saturated rings. The van der Waals surface area contributed by atoms with Crippen LogP contribution in [0.15, 0.2) is 168 Å². The lowest BCUT2D eigenvalue weighted by atomic mass is 9.95. The molecule has 0 saturated heterocycles. The van der Waals surface area contributed by atoms with Gasteiger partial charge in [-0.3, -0.25) is 0 Å². The molecule has 2 heteroatoms. The molecule has 2 heterocycles. The van der Waals surface area contributed by atoms with E-state index in [1.165, 1.54) is 32.5 Å². The number of hydrogen-bond acceptors (Lipinski definition) is 2. The summed E-state index contributed by atoms with van der Waals surface area (Å²) in [4.78, 5) is 5.17. The maximum Gasteiger partial charge on any atom is 0.143 e. The molecule has 2 nitrogen and oxygen atoms in total. The molecule has 0 radical (unpaired) electrons. The van der Waals surface area contributed by atoms with E-state index in [2.05, 4.69) is 158 Å². The third-order valence-corrected chi connectivity index (χ3v) is 8.84. The number of para-hydroxylation sites is 1. The average molecular weight is 574 g/mol. The van der Waals surface area contributed by atoms with Crippen molar-refractivity contribution >= 4 is 43.5 Å². The number of benzene rings is 7. The highest BCUT2D eigenvalue weighted by Gasteiger charge is 2.17. The number of hydrogen-bond donors (Lipinski definition) is 0. The zero-order chi connectivity index (χ0) is 29.7. The number of furan rings is 1. The van der Waals surface area contributed by atoms with Gasteiger partial charge >= 0.3 is 0 Å². The molecule has 9 aromatic rings. The number of pyridine rings is 1. The number of aromatic nitrogens is 1. The maximum absolute atomic E-state index is 6.68. The van der Waals surface area contributed by atoms with Gasteiger partial charge in [-0.05, 0) is 57.1 Å². The summed E-state index contributed by atoms with van der Waals surface area (Å²) in [7, 11) is 0. The van der Waals surface area contributed by atoms with E-state index in [1.807, 2.05) is 6.07 Å². The van der Waals surface area contributed by atoms with E-state index >= 15 is 0 Å². The first-order valence-corrected chi connectivity index (χ1v) is 15.3. The van der Waals surface area contributed by atoms with E-state index in [1.54, 1.807) is 0 Å². The van der Waals surface area contributed by atoms with Gasteiger partial charge in [-0.1, -0.05) is 140 Å². The average Bonchev–Trinajstić information content (AvgIpc) is 3.51. The fourth-order valence-electron chi connectivity index (χ4n) is 6.69. The minimum Gasteiger partial charge on any atom is -0.455 e. The first kappa shape index (κ1) is 25.5. The Kier molecular flexibility index (Phi) is 5.85. The van der Waals surface area contributed by atoms with E-state index in [-0.39, 0.29) is 0 Å². The van der Waals surface area contributed by atoms with E-state index in [0.29, 0.717) is 0 Å². The van der Waals surface area contributed by atoms with Crippen LogP contribution in [0, 0.1) is 0 Å². The number of nitrogens with zero attached hydrogens (tertiary/aromatic N) is 1. The molecule has 0 amide bonds. The van der Waals surface area contributed by atoms with Gasteiger partial charge in [0.15, 0.2) is 0 Å². The van der Waals surface area contributed by atoms with Gasteiger partial charge in [0.05, 0.1) is 11.4 Å². The first-order valence-electron chi connectivity index (χ1n) is 15.3. The largest absolute Gasteiger partial charge is 0.455 e. The summed E-state index contributed by atoms with van der Waals surface area (Å²) in [5, 5.41) is 7.23. The molecule has 2 aromatic heterocycles. The summed E-state index contributed by atoms with van der Waals surface area (Å²) in [5.74, 6) is 0. The summed E-state index contributed by atoms with van der Waals surface area (Å²) >= 11 is 0. The normalized spacial score (nSPS) is 11.6. The van der Waals surface area contributed by atoms with Crippen molar-refractivity contribution in [2.24, 2.45) is 0 Å². The second-order valence-corrected chi connectivity index (χ2v) is 11.5. The highest BCUT2D eigenvalue weighted by Crippen LogP contribution is 2.42. The van der Waals surface area contributed by atoms with Crippen LogP contribution in [0.2, 0.25) is 0 Å². The smallest absolute Gasteiger partial charge is 0.143 e. The third-order valence-electron chi connectivity index (χ3n) is 8.84. The van der Waals surface area contributed by atoms with Gasteiger partial charge in [0, 0.05) is 32.8 Å². The van der Waals surface area contributed by atoms with Crippen molar-refractivity contribution < 1.29 is 4.42 Å². The minimum atomic E-state index is 0.904. The van der Waals surface area contributed by atoms with Gasteiger partial charge in [-0.25, -0.2) is 4.98 Å². The summed E-state index contributed by atoms with van der Waals surface area (Å²) < 4.78 is 6.68. The Hall–Kier alpha value is -5.99. The lowest BCUT2D eigenvalue weighted by Crippen LogP contribution is -1.91. The van der Waals surface area contributed by atoms with Gasteiger partial charge in [0.2, 0.25) is 0 Å². The lowest BCUT2D eigenvalue weighted by Gasteiger charge is -2.11. The minimum absolute atomic E-state index is 0.904. The van der Waals surface area contributed by atoms with E-state index in [0.717, 1.165) is 55.8 Å². The fourth-order valence-corrected chi connectivity index (χ4v) is 6.69. The van der Waals surface area contributed by atoms with Crippen molar-refractivity contribution in [3.8, 4) is 44.8 Å². The Bertz CT molecular complexity index is 2470. The van der Waals surface area contributed by atoms with Crippen LogP contribution in [-0.2, 0) is 0 Å². The number of rotatable bonds is 4. The third kappa shape index (κ3) is 4.30. The van der Waals surface area contributed by atoms with Crippen molar-refractivity contribution in [2.45, 2.75) is 0 Å². The van der Waals surface area contributed by atoms with Gasteiger partial charge in [-0.15, -0.1) is 0 Å². The van der Waals surface area contributed by atoms with Crippen LogP contribution in [0.4, 0.5) is 0 Å². The highest BCUT2D eigenvalue weighted by molar-refractivity contribution is 6.27. The second-order valence-electron chi connectivity index (χ2n) is 11.5. The molecular weight excluding hydrogens is 546 g/mol. The molecule has 0 bridgehead atoms. The molecular formula is C43H27NO. The number of fused-ring (bicyclic) bond motifs is 7. The zero-order valence-corrected chi connectivity index (χ0v) is 24.4. The highest BCUT2D eigenvalue weighted by atomic mass is 16.3. The van der Waals surface area contributed by atoms with Crippen LogP contribution in [0.1, 0.15) is 0 Å². The van der Waals surface area contributed by atoms with Crippen LogP contribution in [-0.4, -0.2) is 4.98 Å². The van der Waals surface area contributed by atoms with Crippen molar-refractivity contribution in [1.82, 2.24) is 4.98 Å². The fraction of sp³-hybridized carbons (Fsp3) is 0. The summed E-state index contributed by atoms with van der Waals surface area (Å²) in [5.41, 5.74) is 10.3. The standard InChI is InChI=1S/C43H27NO/c1-3-11-28(12-4-1)34-26-38(30-14-5-2-6-15-30)44-39(27-34)33-17-9-16-32(25-33)36-19-10-20-37-42-40(45-43(36)37)24-23-31-22-21-29-13-7-8-18-35(29)41(31)42/h1-27H. The van der Waals surface area contributed by atoms with Gasteiger partial charge in [0.25, 0.3) is 0 Å². The summed E-state index contributed by atoms with van der Waals surface area (Å²) in [6.07, 6.45) is 0. The SMILES string of the molecule is c1ccc(-c2cc(-c3ccccc3)nc(-c3cccc(-c4cccc5c4oc4ccc6ccc7ccccc7c6c45)c3)c2)cc1. The molecule has 45 heavy (non-hydrogen) atoms.